The predicted octanol–water partition coefficient (Wildman–Crippen LogP) is 2.41. The summed E-state index contributed by atoms with van der Waals surface area (Å²) in [5, 5.41) is 8.88. The van der Waals surface area contributed by atoms with Crippen molar-refractivity contribution in [2.75, 3.05) is 13.2 Å². The van der Waals surface area contributed by atoms with E-state index in [1.54, 1.807) is 13.8 Å². The maximum atomic E-state index is 13.6. The highest BCUT2D eigenvalue weighted by atomic mass is 79.9. The molecule has 1 rings (SSSR count). The van der Waals surface area contributed by atoms with Crippen LogP contribution in [0.2, 0.25) is 0 Å². The van der Waals surface area contributed by atoms with Crippen molar-refractivity contribution in [3.05, 3.63) is 28.2 Å². The van der Waals surface area contributed by atoms with Crippen LogP contribution >= 0.6 is 15.9 Å². The fraction of sp³-hybridized carbons (Fsp3) is 0.500. The summed E-state index contributed by atoms with van der Waals surface area (Å²) in [5.74, 6) is -2.03. The van der Waals surface area contributed by atoms with Crippen LogP contribution in [-0.2, 0) is 10.0 Å². The fourth-order valence-electron chi connectivity index (χ4n) is 1.54. The van der Waals surface area contributed by atoms with Crippen LogP contribution in [0, 0.1) is 17.0 Å². The highest BCUT2D eigenvalue weighted by Gasteiger charge is 2.26. The van der Waals surface area contributed by atoms with Crippen molar-refractivity contribution in [2.24, 2.45) is 5.41 Å². The largest absolute Gasteiger partial charge is 0.396 e. The molecule has 0 aliphatic rings. The van der Waals surface area contributed by atoms with Crippen LogP contribution in [0.15, 0.2) is 21.5 Å². The first-order valence-corrected chi connectivity index (χ1v) is 8.12. The molecular formula is C12H16BrF2NO3S. The van der Waals surface area contributed by atoms with E-state index < -0.39 is 32.0 Å². The highest BCUT2D eigenvalue weighted by molar-refractivity contribution is 9.10. The first kappa shape index (κ1) is 17.5. The Morgan fingerprint density at radius 1 is 1.35 bits per heavy atom. The summed E-state index contributed by atoms with van der Waals surface area (Å²) in [6.45, 7) is 3.48. The molecule has 0 bridgehead atoms. The molecule has 0 aromatic heterocycles. The number of sulfonamides is 1. The molecule has 0 atom stereocenters. The minimum atomic E-state index is -4.11. The molecule has 114 valence electrons. The fourth-order valence-corrected chi connectivity index (χ4v) is 3.94. The molecular weight excluding hydrogens is 356 g/mol. The Labute approximate surface area is 125 Å². The Hall–Kier alpha value is -0.570. The average Bonchev–Trinajstić information content (AvgIpc) is 2.24. The zero-order valence-electron chi connectivity index (χ0n) is 11.1. The normalized spacial score (nSPS) is 12.7. The molecule has 0 unspecified atom stereocenters. The van der Waals surface area contributed by atoms with Crippen LogP contribution in [0.25, 0.3) is 0 Å². The van der Waals surface area contributed by atoms with Crippen LogP contribution in [0.5, 0.6) is 0 Å². The van der Waals surface area contributed by atoms with Crippen LogP contribution in [0.1, 0.15) is 20.3 Å². The third-order valence-corrected chi connectivity index (χ3v) is 5.13. The summed E-state index contributed by atoms with van der Waals surface area (Å²) >= 11 is 2.85. The second-order valence-corrected chi connectivity index (χ2v) is 7.72. The van der Waals surface area contributed by atoms with E-state index in [1.165, 1.54) is 0 Å². The maximum Gasteiger partial charge on any atom is 0.244 e. The third kappa shape index (κ3) is 4.47. The molecule has 0 spiro atoms. The van der Waals surface area contributed by atoms with Gasteiger partial charge in [-0.1, -0.05) is 13.8 Å². The number of benzene rings is 1. The Balaban J connectivity index is 3.01. The first-order chi connectivity index (χ1) is 9.09. The number of aliphatic hydroxyl groups excluding tert-OH is 1. The summed E-state index contributed by atoms with van der Waals surface area (Å²) in [6, 6.07) is 1.40. The summed E-state index contributed by atoms with van der Waals surface area (Å²) < 4.78 is 52.8. The standard InChI is InChI=1S/C12H16BrF2NO3S/c1-12(2,3-4-17)7-16-20(18,19)11-9(13)5-8(14)6-10(11)15/h5-6,16-17H,3-4,7H2,1-2H3. The monoisotopic (exact) mass is 371 g/mol. The Morgan fingerprint density at radius 2 is 1.95 bits per heavy atom. The lowest BCUT2D eigenvalue weighted by Crippen LogP contribution is -2.35. The second kappa shape index (κ2) is 6.46. The number of rotatable bonds is 6. The van der Waals surface area contributed by atoms with Gasteiger partial charge in [-0.05, 0) is 33.8 Å². The molecule has 0 heterocycles. The molecule has 0 saturated heterocycles. The zero-order chi connectivity index (χ0) is 15.6. The molecule has 1 aromatic rings. The first-order valence-electron chi connectivity index (χ1n) is 5.84. The van der Waals surface area contributed by atoms with Crippen LogP contribution in [-0.4, -0.2) is 26.7 Å². The quantitative estimate of drug-likeness (QED) is 0.806. The van der Waals surface area contributed by atoms with Crippen LogP contribution < -0.4 is 4.72 Å². The van der Waals surface area contributed by atoms with Gasteiger partial charge in [-0.3, -0.25) is 0 Å². The molecule has 2 N–H and O–H groups in total. The minimum absolute atomic E-state index is 0.0269. The molecule has 0 radical (unpaired) electrons. The maximum absolute atomic E-state index is 13.6. The van der Waals surface area contributed by atoms with Gasteiger partial charge >= 0.3 is 0 Å². The molecule has 0 fully saturated rings. The molecule has 8 heteroatoms. The molecule has 0 aliphatic carbocycles. The van der Waals surface area contributed by atoms with Crippen LogP contribution in [0.3, 0.4) is 0 Å². The van der Waals surface area contributed by atoms with Crippen molar-refractivity contribution < 1.29 is 22.3 Å². The van der Waals surface area contributed by atoms with Crippen molar-refractivity contribution in [2.45, 2.75) is 25.2 Å². The van der Waals surface area contributed by atoms with E-state index in [4.69, 9.17) is 5.11 Å². The summed E-state index contributed by atoms with van der Waals surface area (Å²) in [5.41, 5.74) is -0.481. The number of hydrogen-bond donors (Lipinski definition) is 2. The van der Waals surface area contributed by atoms with Gasteiger partial charge in [0.15, 0.2) is 0 Å². The lowest BCUT2D eigenvalue weighted by molar-refractivity contribution is 0.213. The van der Waals surface area contributed by atoms with E-state index in [2.05, 4.69) is 20.7 Å². The second-order valence-electron chi connectivity index (χ2n) is 5.16. The highest BCUT2D eigenvalue weighted by Crippen LogP contribution is 2.27. The predicted molar refractivity (Wildman–Crippen MR) is 74.7 cm³/mol. The SMILES string of the molecule is CC(C)(CCO)CNS(=O)(=O)c1c(F)cc(F)cc1Br. The number of hydrogen-bond acceptors (Lipinski definition) is 3. The van der Waals surface area contributed by atoms with Gasteiger partial charge in [-0.15, -0.1) is 0 Å². The van der Waals surface area contributed by atoms with E-state index in [0.717, 1.165) is 6.07 Å². The van der Waals surface area contributed by atoms with Gasteiger partial charge in [0.25, 0.3) is 0 Å². The van der Waals surface area contributed by atoms with E-state index in [-0.39, 0.29) is 17.6 Å². The zero-order valence-corrected chi connectivity index (χ0v) is 13.5. The van der Waals surface area contributed by atoms with Gasteiger partial charge in [0.1, 0.15) is 16.5 Å². The number of nitrogens with one attached hydrogen (secondary N) is 1. The van der Waals surface area contributed by atoms with Gasteiger partial charge in [0, 0.05) is 23.7 Å². The Morgan fingerprint density at radius 3 is 2.45 bits per heavy atom. The van der Waals surface area contributed by atoms with E-state index in [0.29, 0.717) is 12.5 Å². The summed E-state index contributed by atoms with van der Waals surface area (Å²) in [4.78, 5) is -0.626. The molecule has 0 aliphatic heterocycles. The van der Waals surface area contributed by atoms with Crippen molar-refractivity contribution >= 4 is 26.0 Å². The van der Waals surface area contributed by atoms with Gasteiger partial charge in [-0.2, -0.15) is 0 Å². The molecule has 0 saturated carbocycles. The lowest BCUT2D eigenvalue weighted by Gasteiger charge is -2.24. The minimum Gasteiger partial charge on any atom is -0.396 e. The van der Waals surface area contributed by atoms with Crippen molar-refractivity contribution in [1.29, 1.82) is 0 Å². The van der Waals surface area contributed by atoms with E-state index >= 15 is 0 Å². The van der Waals surface area contributed by atoms with Gasteiger partial charge in [-0.25, -0.2) is 21.9 Å². The topological polar surface area (TPSA) is 66.4 Å². The summed E-state index contributed by atoms with van der Waals surface area (Å²) in [6.07, 6.45) is 0.391. The van der Waals surface area contributed by atoms with Gasteiger partial charge < -0.3 is 5.11 Å². The van der Waals surface area contributed by atoms with Crippen LogP contribution in [0.4, 0.5) is 8.78 Å². The van der Waals surface area contributed by atoms with Crippen molar-refractivity contribution in [1.82, 2.24) is 4.72 Å². The smallest absolute Gasteiger partial charge is 0.244 e. The number of aliphatic hydroxyl groups is 1. The van der Waals surface area contributed by atoms with Crippen molar-refractivity contribution in [3.8, 4) is 0 Å². The molecule has 0 amide bonds. The Kier molecular flexibility index (Phi) is 5.65. The van der Waals surface area contributed by atoms with E-state index in [1.807, 2.05) is 0 Å². The van der Waals surface area contributed by atoms with Gasteiger partial charge in [0.05, 0.1) is 0 Å². The number of halogens is 3. The third-order valence-electron chi connectivity index (χ3n) is 2.76. The van der Waals surface area contributed by atoms with Gasteiger partial charge in [0.2, 0.25) is 10.0 Å². The Bertz CT molecular complexity index is 567. The molecule has 20 heavy (non-hydrogen) atoms. The molecule has 1 aromatic carbocycles. The van der Waals surface area contributed by atoms with Crippen molar-refractivity contribution in [3.63, 3.8) is 0 Å². The molecule has 4 nitrogen and oxygen atoms in total. The summed E-state index contributed by atoms with van der Waals surface area (Å²) in [7, 11) is -4.11. The lowest BCUT2D eigenvalue weighted by atomic mass is 9.90. The van der Waals surface area contributed by atoms with E-state index in [9.17, 15) is 17.2 Å². The average molecular weight is 372 g/mol.